The fraction of sp³-hybridized carbons (Fsp3) is 0.231. The Labute approximate surface area is 100 Å². The lowest BCUT2D eigenvalue weighted by molar-refractivity contribution is 0.408. The molecule has 0 aliphatic rings. The molecule has 0 amide bonds. The van der Waals surface area contributed by atoms with E-state index in [0.717, 1.165) is 17.0 Å². The Morgan fingerprint density at radius 2 is 2.12 bits per heavy atom. The van der Waals surface area contributed by atoms with Crippen molar-refractivity contribution in [2.24, 2.45) is 5.73 Å². The Morgan fingerprint density at radius 3 is 2.82 bits per heavy atom. The quantitative estimate of drug-likeness (QED) is 0.867. The second-order valence-electron chi connectivity index (χ2n) is 3.75. The molecule has 2 N–H and O–H groups in total. The predicted molar refractivity (Wildman–Crippen MR) is 65.7 cm³/mol. The van der Waals surface area contributed by atoms with Crippen molar-refractivity contribution in [3.63, 3.8) is 0 Å². The Bertz CT molecular complexity index is 473. The second-order valence-corrected chi connectivity index (χ2v) is 3.75. The molecule has 2 rings (SSSR count). The molecule has 0 saturated carbocycles. The number of ether oxygens (including phenoxy) is 1. The summed E-state index contributed by atoms with van der Waals surface area (Å²) in [4.78, 5) is 8.22. The zero-order valence-corrected chi connectivity index (χ0v) is 9.71. The lowest BCUT2D eigenvalue weighted by atomic mass is 10.0. The van der Waals surface area contributed by atoms with Crippen LogP contribution >= 0.6 is 0 Å². The largest absolute Gasteiger partial charge is 0.496 e. The number of hydrogen-bond donors (Lipinski definition) is 1. The fourth-order valence-electron chi connectivity index (χ4n) is 1.72. The summed E-state index contributed by atoms with van der Waals surface area (Å²) in [6, 6.07) is 7.69. The highest BCUT2D eigenvalue weighted by Gasteiger charge is 2.11. The Morgan fingerprint density at radius 1 is 1.29 bits per heavy atom. The van der Waals surface area contributed by atoms with E-state index in [1.54, 1.807) is 25.7 Å². The SMILES string of the molecule is COc1ccccc1CC(N)c1cnccn1. The van der Waals surface area contributed by atoms with Crippen LogP contribution in [-0.2, 0) is 6.42 Å². The molecule has 1 unspecified atom stereocenters. The van der Waals surface area contributed by atoms with E-state index in [0.29, 0.717) is 6.42 Å². The maximum Gasteiger partial charge on any atom is 0.122 e. The van der Waals surface area contributed by atoms with Crippen molar-refractivity contribution in [1.82, 2.24) is 9.97 Å². The third-order valence-electron chi connectivity index (χ3n) is 2.60. The van der Waals surface area contributed by atoms with Gasteiger partial charge in [-0.1, -0.05) is 18.2 Å². The zero-order valence-electron chi connectivity index (χ0n) is 9.71. The van der Waals surface area contributed by atoms with Crippen LogP contribution in [0.1, 0.15) is 17.3 Å². The molecule has 1 atom stereocenters. The number of benzene rings is 1. The molecule has 17 heavy (non-hydrogen) atoms. The van der Waals surface area contributed by atoms with E-state index in [-0.39, 0.29) is 6.04 Å². The third-order valence-corrected chi connectivity index (χ3v) is 2.60. The van der Waals surface area contributed by atoms with Crippen LogP contribution in [0.4, 0.5) is 0 Å². The first-order valence-electron chi connectivity index (χ1n) is 5.44. The third kappa shape index (κ3) is 2.79. The molecule has 0 saturated heterocycles. The Kier molecular flexibility index (Phi) is 3.67. The van der Waals surface area contributed by atoms with Gasteiger partial charge in [0.05, 0.1) is 18.8 Å². The maximum absolute atomic E-state index is 6.09. The Hall–Kier alpha value is -1.94. The van der Waals surface area contributed by atoms with Crippen molar-refractivity contribution in [2.75, 3.05) is 7.11 Å². The lowest BCUT2D eigenvalue weighted by Crippen LogP contribution is -2.15. The molecule has 4 nitrogen and oxygen atoms in total. The summed E-state index contributed by atoms with van der Waals surface area (Å²) in [5.74, 6) is 0.854. The van der Waals surface area contributed by atoms with Gasteiger partial charge in [-0.3, -0.25) is 9.97 Å². The van der Waals surface area contributed by atoms with Gasteiger partial charge in [0.2, 0.25) is 0 Å². The van der Waals surface area contributed by atoms with Crippen LogP contribution in [0.5, 0.6) is 5.75 Å². The lowest BCUT2D eigenvalue weighted by Gasteiger charge is -2.13. The van der Waals surface area contributed by atoms with E-state index in [1.165, 1.54) is 0 Å². The molecule has 88 valence electrons. The van der Waals surface area contributed by atoms with Gasteiger partial charge in [0, 0.05) is 18.6 Å². The summed E-state index contributed by atoms with van der Waals surface area (Å²) in [5.41, 5.74) is 7.96. The summed E-state index contributed by atoms with van der Waals surface area (Å²) in [7, 11) is 1.66. The van der Waals surface area contributed by atoms with E-state index in [1.807, 2.05) is 24.3 Å². The molecule has 0 aliphatic heterocycles. The minimum absolute atomic E-state index is 0.167. The van der Waals surface area contributed by atoms with Gasteiger partial charge in [0.1, 0.15) is 5.75 Å². The van der Waals surface area contributed by atoms with Gasteiger partial charge in [0.25, 0.3) is 0 Å². The molecule has 1 aromatic carbocycles. The number of rotatable bonds is 4. The molecule has 4 heteroatoms. The summed E-state index contributed by atoms with van der Waals surface area (Å²) in [5, 5.41) is 0. The summed E-state index contributed by atoms with van der Waals surface area (Å²) >= 11 is 0. The molecular formula is C13H15N3O. The van der Waals surface area contributed by atoms with Crippen molar-refractivity contribution in [2.45, 2.75) is 12.5 Å². The second kappa shape index (κ2) is 5.41. The average Bonchev–Trinajstić information content (AvgIpc) is 2.40. The van der Waals surface area contributed by atoms with Crippen LogP contribution < -0.4 is 10.5 Å². The highest BCUT2D eigenvalue weighted by molar-refractivity contribution is 5.34. The number of aromatic nitrogens is 2. The van der Waals surface area contributed by atoms with Crippen LogP contribution in [0.25, 0.3) is 0 Å². The molecular weight excluding hydrogens is 214 g/mol. The smallest absolute Gasteiger partial charge is 0.122 e. The maximum atomic E-state index is 6.09. The Balaban J connectivity index is 2.16. The van der Waals surface area contributed by atoms with Crippen LogP contribution in [-0.4, -0.2) is 17.1 Å². The van der Waals surface area contributed by atoms with Gasteiger partial charge >= 0.3 is 0 Å². The van der Waals surface area contributed by atoms with E-state index < -0.39 is 0 Å². The van der Waals surface area contributed by atoms with Crippen LogP contribution in [0.2, 0.25) is 0 Å². The standard InChI is InChI=1S/C13H15N3O/c1-17-13-5-3-2-4-10(13)8-11(14)12-9-15-6-7-16-12/h2-7,9,11H,8,14H2,1H3. The number of hydrogen-bond acceptors (Lipinski definition) is 4. The first-order valence-corrected chi connectivity index (χ1v) is 5.44. The molecule has 0 fully saturated rings. The van der Waals surface area contributed by atoms with Gasteiger partial charge in [-0.05, 0) is 18.1 Å². The number of para-hydroxylation sites is 1. The van der Waals surface area contributed by atoms with Gasteiger partial charge in [-0.15, -0.1) is 0 Å². The minimum atomic E-state index is -0.167. The molecule has 1 aromatic heterocycles. The van der Waals surface area contributed by atoms with E-state index in [2.05, 4.69) is 9.97 Å². The molecule has 0 bridgehead atoms. The van der Waals surface area contributed by atoms with Crippen molar-refractivity contribution >= 4 is 0 Å². The molecule has 0 radical (unpaired) electrons. The predicted octanol–water partition coefficient (Wildman–Crippen LogP) is 1.73. The fourth-order valence-corrected chi connectivity index (χ4v) is 1.72. The van der Waals surface area contributed by atoms with Crippen molar-refractivity contribution < 1.29 is 4.74 Å². The number of methoxy groups -OCH3 is 1. The highest BCUT2D eigenvalue weighted by atomic mass is 16.5. The molecule has 0 aliphatic carbocycles. The van der Waals surface area contributed by atoms with Crippen molar-refractivity contribution in [1.29, 1.82) is 0 Å². The van der Waals surface area contributed by atoms with Gasteiger partial charge in [-0.2, -0.15) is 0 Å². The number of nitrogens with zero attached hydrogens (tertiary/aromatic N) is 2. The van der Waals surface area contributed by atoms with Gasteiger partial charge in [0.15, 0.2) is 0 Å². The monoisotopic (exact) mass is 229 g/mol. The average molecular weight is 229 g/mol. The normalized spacial score (nSPS) is 12.1. The molecule has 1 heterocycles. The summed E-state index contributed by atoms with van der Waals surface area (Å²) in [6.07, 6.45) is 5.67. The van der Waals surface area contributed by atoms with Gasteiger partial charge in [-0.25, -0.2) is 0 Å². The zero-order chi connectivity index (χ0) is 12.1. The molecule has 2 aromatic rings. The van der Waals surface area contributed by atoms with Crippen molar-refractivity contribution in [3.05, 3.63) is 54.1 Å². The summed E-state index contributed by atoms with van der Waals surface area (Å²) < 4.78 is 5.29. The van der Waals surface area contributed by atoms with E-state index >= 15 is 0 Å². The van der Waals surface area contributed by atoms with E-state index in [9.17, 15) is 0 Å². The first-order chi connectivity index (χ1) is 8.31. The van der Waals surface area contributed by atoms with Crippen LogP contribution in [0.15, 0.2) is 42.9 Å². The topological polar surface area (TPSA) is 61.0 Å². The van der Waals surface area contributed by atoms with Crippen LogP contribution in [0, 0.1) is 0 Å². The minimum Gasteiger partial charge on any atom is -0.496 e. The molecule has 0 spiro atoms. The van der Waals surface area contributed by atoms with Crippen molar-refractivity contribution in [3.8, 4) is 5.75 Å². The van der Waals surface area contributed by atoms with Crippen LogP contribution in [0.3, 0.4) is 0 Å². The highest BCUT2D eigenvalue weighted by Crippen LogP contribution is 2.22. The first kappa shape index (κ1) is 11.5. The summed E-state index contributed by atoms with van der Waals surface area (Å²) in [6.45, 7) is 0. The van der Waals surface area contributed by atoms with E-state index in [4.69, 9.17) is 10.5 Å². The van der Waals surface area contributed by atoms with Gasteiger partial charge < -0.3 is 10.5 Å². The number of nitrogens with two attached hydrogens (primary N) is 1.